The van der Waals surface area contributed by atoms with Gasteiger partial charge in [0.25, 0.3) is 0 Å². The lowest BCUT2D eigenvalue weighted by Crippen LogP contribution is -2.47. The summed E-state index contributed by atoms with van der Waals surface area (Å²) >= 11 is 0. The molecule has 0 bridgehead atoms. The van der Waals surface area contributed by atoms with Gasteiger partial charge in [-0.1, -0.05) is 24.1 Å². The van der Waals surface area contributed by atoms with Gasteiger partial charge < -0.3 is 15.5 Å². The molecule has 1 fully saturated rings. The Bertz CT molecular complexity index is 1340. The summed E-state index contributed by atoms with van der Waals surface area (Å²) in [4.78, 5) is 33.6. The van der Waals surface area contributed by atoms with Crippen LogP contribution < -0.4 is 15.5 Å². The van der Waals surface area contributed by atoms with Gasteiger partial charge in [-0.15, -0.1) is 5.92 Å². The number of carbonyl (C=O) groups excluding carboxylic acids is 1. The van der Waals surface area contributed by atoms with E-state index in [-0.39, 0.29) is 18.1 Å². The number of aryl methyl sites for hydroxylation is 1. The van der Waals surface area contributed by atoms with Crippen LogP contribution in [-0.4, -0.2) is 56.6 Å². The van der Waals surface area contributed by atoms with E-state index in [1.165, 1.54) is 0 Å². The lowest BCUT2D eigenvalue weighted by atomic mass is 10.1. The zero-order chi connectivity index (χ0) is 24.7. The molecule has 1 saturated heterocycles. The molecule has 2 amide bonds. The highest BCUT2D eigenvalue weighted by molar-refractivity contribution is 5.94. The Hall–Kier alpha value is -3.64. The molecule has 2 atom stereocenters. The van der Waals surface area contributed by atoms with Crippen molar-refractivity contribution in [3.8, 4) is 11.8 Å². The third-order valence-electron chi connectivity index (χ3n) is 6.99. The number of imidazole rings is 1. The highest BCUT2D eigenvalue weighted by Gasteiger charge is 2.40. The van der Waals surface area contributed by atoms with Crippen LogP contribution in [0.2, 0.25) is 0 Å². The number of nitrogens with zero attached hydrogens (tertiary/aromatic N) is 7. The number of para-hydroxylation sites is 1. The number of nitrogens with two attached hydrogens (primary N) is 1. The van der Waals surface area contributed by atoms with Crippen LogP contribution in [0.5, 0.6) is 0 Å². The molecule has 0 saturated carbocycles. The molecular formula is C26H32N8O. The van der Waals surface area contributed by atoms with E-state index in [0.717, 1.165) is 54.2 Å². The molecule has 5 rings (SSSR count). The summed E-state index contributed by atoms with van der Waals surface area (Å²) in [6.45, 7) is 8.31. The van der Waals surface area contributed by atoms with E-state index in [2.05, 4.69) is 21.3 Å². The quantitative estimate of drug-likeness (QED) is 0.586. The second-order valence-corrected chi connectivity index (χ2v) is 9.37. The lowest BCUT2D eigenvalue weighted by Gasteiger charge is -2.37. The molecule has 1 unspecified atom stereocenters. The van der Waals surface area contributed by atoms with Crippen LogP contribution in [0.3, 0.4) is 0 Å². The summed E-state index contributed by atoms with van der Waals surface area (Å²) in [5.74, 6) is 8.34. The molecule has 2 N–H and O–H groups in total. The van der Waals surface area contributed by atoms with Crippen LogP contribution in [0.15, 0.2) is 24.3 Å². The van der Waals surface area contributed by atoms with E-state index in [1.807, 2.05) is 49.9 Å². The number of hydrogen-bond donors (Lipinski definition) is 1. The van der Waals surface area contributed by atoms with Crippen molar-refractivity contribution in [3.63, 3.8) is 0 Å². The number of hydrogen-bond acceptors (Lipinski definition) is 6. The Morgan fingerprint density at radius 1 is 1.20 bits per heavy atom. The summed E-state index contributed by atoms with van der Waals surface area (Å²) < 4.78 is 2.15. The number of piperidine rings is 1. The first-order chi connectivity index (χ1) is 16.9. The number of benzene rings is 1. The Morgan fingerprint density at radius 2 is 2.00 bits per heavy atom. The second kappa shape index (κ2) is 9.19. The normalized spacial score (nSPS) is 20.1. The molecule has 4 heterocycles. The zero-order valence-corrected chi connectivity index (χ0v) is 20.8. The van der Waals surface area contributed by atoms with Crippen molar-refractivity contribution in [2.75, 3.05) is 29.9 Å². The van der Waals surface area contributed by atoms with Crippen molar-refractivity contribution >= 4 is 28.7 Å². The highest BCUT2D eigenvalue weighted by atomic mass is 16.2. The maximum atomic E-state index is 13.5. The summed E-state index contributed by atoms with van der Waals surface area (Å²) in [5, 5.41) is 1.02. The van der Waals surface area contributed by atoms with Crippen LogP contribution in [0.4, 0.5) is 16.6 Å². The van der Waals surface area contributed by atoms with Gasteiger partial charge in [0, 0.05) is 37.3 Å². The van der Waals surface area contributed by atoms with E-state index >= 15 is 0 Å². The Kier molecular flexibility index (Phi) is 6.07. The minimum absolute atomic E-state index is 0.116. The number of carbonyl (C=O) groups is 1. The first-order valence-corrected chi connectivity index (χ1v) is 12.2. The monoisotopic (exact) mass is 472 g/mol. The maximum Gasteiger partial charge on any atom is 0.326 e. The smallest absolute Gasteiger partial charge is 0.326 e. The predicted octanol–water partition coefficient (Wildman–Crippen LogP) is 3.22. The van der Waals surface area contributed by atoms with Crippen LogP contribution in [0.1, 0.15) is 49.9 Å². The number of fused-ring (bicyclic) bond motifs is 2. The van der Waals surface area contributed by atoms with Gasteiger partial charge in [0.05, 0.1) is 30.3 Å². The van der Waals surface area contributed by atoms with E-state index < -0.39 is 0 Å². The average Bonchev–Trinajstić information content (AvgIpc) is 3.24. The van der Waals surface area contributed by atoms with Crippen molar-refractivity contribution in [1.82, 2.24) is 24.4 Å². The van der Waals surface area contributed by atoms with Crippen molar-refractivity contribution in [1.29, 1.82) is 0 Å². The first-order valence-electron chi connectivity index (χ1n) is 12.2. The number of aromatic nitrogens is 4. The first kappa shape index (κ1) is 23.1. The SMILES string of the molecule is CC#CCn1c(N2CCC[C@@H](N)C2)nc2c1C(C)N(Cc1nc(C)c3ccccc3n1)C(=O)N2C. The standard InChI is InChI=1S/C26H32N8O/c1-5-6-14-33-23-18(3)34(16-22-28-17(2)20-11-7-8-12-21(20)29-22)26(35)31(4)24(23)30-25(33)32-13-9-10-19(27)15-32/h7-8,11-12,18-19H,9-10,13-16,27H2,1-4H3/t18?,19-/m1/s1. The molecule has 9 heteroatoms. The van der Waals surface area contributed by atoms with Gasteiger partial charge in [0.2, 0.25) is 5.95 Å². The van der Waals surface area contributed by atoms with Crippen LogP contribution in [0, 0.1) is 18.8 Å². The van der Waals surface area contributed by atoms with Gasteiger partial charge in [-0.05, 0) is 39.7 Å². The molecular weight excluding hydrogens is 440 g/mol. The molecule has 2 aromatic heterocycles. The second-order valence-electron chi connectivity index (χ2n) is 9.37. The molecule has 9 nitrogen and oxygen atoms in total. The van der Waals surface area contributed by atoms with Gasteiger partial charge in [-0.2, -0.15) is 4.98 Å². The van der Waals surface area contributed by atoms with Crippen LogP contribution in [0.25, 0.3) is 10.9 Å². The molecule has 0 aliphatic carbocycles. The minimum Gasteiger partial charge on any atom is -0.341 e. The van der Waals surface area contributed by atoms with E-state index in [1.54, 1.807) is 11.9 Å². The fourth-order valence-electron chi connectivity index (χ4n) is 5.17. The van der Waals surface area contributed by atoms with Gasteiger partial charge >= 0.3 is 6.03 Å². The highest BCUT2D eigenvalue weighted by Crippen LogP contribution is 2.39. The van der Waals surface area contributed by atoms with E-state index in [4.69, 9.17) is 20.7 Å². The summed E-state index contributed by atoms with van der Waals surface area (Å²) in [6.07, 6.45) is 2.03. The zero-order valence-electron chi connectivity index (χ0n) is 20.8. The summed E-state index contributed by atoms with van der Waals surface area (Å²) in [7, 11) is 1.78. The topological polar surface area (TPSA) is 96.4 Å². The fourth-order valence-corrected chi connectivity index (χ4v) is 5.17. The molecule has 0 radical (unpaired) electrons. The Labute approximate surface area is 205 Å². The van der Waals surface area contributed by atoms with E-state index in [9.17, 15) is 4.79 Å². The molecule has 35 heavy (non-hydrogen) atoms. The van der Waals surface area contributed by atoms with E-state index in [0.29, 0.717) is 24.7 Å². The molecule has 0 spiro atoms. The van der Waals surface area contributed by atoms with Gasteiger partial charge in [0.15, 0.2) is 5.82 Å². The molecule has 2 aliphatic heterocycles. The number of rotatable bonds is 4. The van der Waals surface area contributed by atoms with Crippen molar-refractivity contribution < 1.29 is 4.79 Å². The predicted molar refractivity (Wildman–Crippen MR) is 137 cm³/mol. The third-order valence-corrected chi connectivity index (χ3v) is 6.99. The van der Waals surface area contributed by atoms with Gasteiger partial charge in [0.1, 0.15) is 5.82 Å². The number of urea groups is 1. The third kappa shape index (κ3) is 4.08. The van der Waals surface area contributed by atoms with Crippen LogP contribution >= 0.6 is 0 Å². The fraction of sp³-hybridized carbons (Fsp3) is 0.462. The maximum absolute atomic E-state index is 13.5. The van der Waals surface area contributed by atoms with Crippen molar-refractivity contribution in [2.45, 2.75) is 58.8 Å². The molecule has 1 aromatic carbocycles. The van der Waals surface area contributed by atoms with Crippen LogP contribution in [-0.2, 0) is 13.1 Å². The molecule has 182 valence electrons. The summed E-state index contributed by atoms with van der Waals surface area (Å²) in [6, 6.07) is 7.73. The van der Waals surface area contributed by atoms with Gasteiger partial charge in [-0.3, -0.25) is 9.47 Å². The Balaban J connectivity index is 1.54. The summed E-state index contributed by atoms with van der Waals surface area (Å²) in [5.41, 5.74) is 9.04. The number of anilines is 2. The average molecular weight is 473 g/mol. The molecule has 2 aliphatic rings. The Morgan fingerprint density at radius 3 is 2.77 bits per heavy atom. The minimum atomic E-state index is -0.220. The molecule has 3 aromatic rings. The van der Waals surface area contributed by atoms with Crippen molar-refractivity contribution in [2.24, 2.45) is 5.73 Å². The number of amides is 2. The largest absolute Gasteiger partial charge is 0.341 e. The van der Waals surface area contributed by atoms with Gasteiger partial charge in [-0.25, -0.2) is 14.8 Å². The van der Waals surface area contributed by atoms with Crippen molar-refractivity contribution in [3.05, 3.63) is 41.5 Å². The lowest BCUT2D eigenvalue weighted by molar-refractivity contribution is 0.174.